The van der Waals surface area contributed by atoms with Crippen LogP contribution >= 0.6 is 11.6 Å². The van der Waals surface area contributed by atoms with Crippen molar-refractivity contribution in [3.05, 3.63) is 17.4 Å². The Balaban J connectivity index is 1.14. The second-order valence-electron chi connectivity index (χ2n) is 9.21. The first-order valence-electron chi connectivity index (χ1n) is 11.2. The SMILES string of the molecule is CC(C)S(=O)(=O)N1CC[C@H](OCC[C@@H]2C[C@@H]2C2CCN(c3ncc(Cl)cn3)CC2)C1. The van der Waals surface area contributed by atoms with E-state index in [1.54, 1.807) is 30.5 Å². The van der Waals surface area contributed by atoms with Gasteiger partial charge in [-0.05, 0) is 63.7 Å². The van der Waals surface area contributed by atoms with Crippen LogP contribution < -0.4 is 4.90 Å². The maximum absolute atomic E-state index is 12.3. The van der Waals surface area contributed by atoms with Crippen molar-refractivity contribution in [1.29, 1.82) is 0 Å². The molecule has 2 saturated heterocycles. The molecule has 3 heterocycles. The topological polar surface area (TPSA) is 75.6 Å². The molecule has 0 amide bonds. The van der Waals surface area contributed by atoms with Gasteiger partial charge in [-0.15, -0.1) is 0 Å². The molecule has 0 N–H and O–H groups in total. The van der Waals surface area contributed by atoms with Gasteiger partial charge in [-0.1, -0.05) is 11.6 Å². The van der Waals surface area contributed by atoms with Crippen LogP contribution in [0.15, 0.2) is 12.4 Å². The second-order valence-corrected chi connectivity index (χ2v) is 12.1. The molecule has 3 atom stereocenters. The summed E-state index contributed by atoms with van der Waals surface area (Å²) in [6.07, 6.45) is 8.98. The van der Waals surface area contributed by atoms with E-state index in [9.17, 15) is 8.42 Å². The molecular weight excluding hydrogens is 424 g/mol. The molecule has 168 valence electrons. The third-order valence-electron chi connectivity index (χ3n) is 6.92. The van der Waals surface area contributed by atoms with E-state index in [4.69, 9.17) is 16.3 Å². The van der Waals surface area contributed by atoms with Crippen LogP contribution in [0.25, 0.3) is 0 Å². The van der Waals surface area contributed by atoms with Crippen LogP contribution in [0.1, 0.15) is 46.0 Å². The number of hydrogen-bond acceptors (Lipinski definition) is 6. The average molecular weight is 457 g/mol. The van der Waals surface area contributed by atoms with E-state index in [2.05, 4.69) is 14.9 Å². The van der Waals surface area contributed by atoms with Crippen molar-refractivity contribution in [2.24, 2.45) is 17.8 Å². The van der Waals surface area contributed by atoms with E-state index in [0.29, 0.717) is 18.1 Å². The summed E-state index contributed by atoms with van der Waals surface area (Å²) >= 11 is 5.88. The summed E-state index contributed by atoms with van der Waals surface area (Å²) in [4.78, 5) is 10.9. The molecule has 0 bridgehead atoms. The minimum Gasteiger partial charge on any atom is -0.377 e. The molecule has 0 unspecified atom stereocenters. The van der Waals surface area contributed by atoms with Gasteiger partial charge in [0.2, 0.25) is 16.0 Å². The molecule has 0 spiro atoms. The van der Waals surface area contributed by atoms with E-state index in [-0.39, 0.29) is 11.4 Å². The summed E-state index contributed by atoms with van der Waals surface area (Å²) in [5.74, 6) is 3.16. The lowest BCUT2D eigenvalue weighted by molar-refractivity contribution is 0.0581. The minimum atomic E-state index is -3.15. The predicted molar refractivity (Wildman–Crippen MR) is 118 cm³/mol. The van der Waals surface area contributed by atoms with Crippen LogP contribution in [0.5, 0.6) is 0 Å². The number of halogens is 1. The first-order chi connectivity index (χ1) is 14.3. The monoisotopic (exact) mass is 456 g/mol. The van der Waals surface area contributed by atoms with E-state index in [1.165, 1.54) is 19.3 Å². The van der Waals surface area contributed by atoms with Crippen molar-refractivity contribution in [3.8, 4) is 0 Å². The molecule has 9 heteroatoms. The number of hydrogen-bond donors (Lipinski definition) is 0. The van der Waals surface area contributed by atoms with Crippen LogP contribution in [0.4, 0.5) is 5.95 Å². The lowest BCUT2D eigenvalue weighted by Gasteiger charge is -2.32. The lowest BCUT2D eigenvalue weighted by Crippen LogP contribution is -2.35. The van der Waals surface area contributed by atoms with E-state index in [1.807, 2.05) is 0 Å². The zero-order valence-corrected chi connectivity index (χ0v) is 19.5. The fraction of sp³-hybridized carbons (Fsp3) is 0.810. The number of rotatable bonds is 8. The Labute approximate surface area is 185 Å². The highest BCUT2D eigenvalue weighted by Crippen LogP contribution is 2.50. The quantitative estimate of drug-likeness (QED) is 0.597. The maximum Gasteiger partial charge on any atom is 0.225 e. The van der Waals surface area contributed by atoms with Crippen molar-refractivity contribution < 1.29 is 13.2 Å². The van der Waals surface area contributed by atoms with Crippen molar-refractivity contribution in [1.82, 2.24) is 14.3 Å². The Morgan fingerprint density at radius 2 is 1.87 bits per heavy atom. The maximum atomic E-state index is 12.3. The number of ether oxygens (including phenoxy) is 1. The van der Waals surface area contributed by atoms with Gasteiger partial charge in [-0.3, -0.25) is 0 Å². The van der Waals surface area contributed by atoms with Crippen molar-refractivity contribution in [3.63, 3.8) is 0 Å². The molecular formula is C21H33ClN4O3S. The van der Waals surface area contributed by atoms with Crippen LogP contribution in [-0.2, 0) is 14.8 Å². The van der Waals surface area contributed by atoms with Gasteiger partial charge in [0.1, 0.15) is 0 Å². The van der Waals surface area contributed by atoms with Gasteiger partial charge in [0, 0.05) is 32.8 Å². The summed E-state index contributed by atoms with van der Waals surface area (Å²) in [6, 6.07) is 0. The normalized spacial score (nSPS) is 28.4. The molecule has 7 nitrogen and oxygen atoms in total. The summed E-state index contributed by atoms with van der Waals surface area (Å²) in [5, 5.41) is 0.213. The van der Waals surface area contributed by atoms with Gasteiger partial charge in [-0.25, -0.2) is 18.4 Å². The molecule has 3 aliphatic rings. The zero-order chi connectivity index (χ0) is 21.3. The highest BCUT2D eigenvalue weighted by molar-refractivity contribution is 7.89. The van der Waals surface area contributed by atoms with E-state index < -0.39 is 10.0 Å². The summed E-state index contributed by atoms with van der Waals surface area (Å²) in [6.45, 7) is 7.35. The van der Waals surface area contributed by atoms with Gasteiger partial charge >= 0.3 is 0 Å². The highest BCUT2D eigenvalue weighted by atomic mass is 35.5. The van der Waals surface area contributed by atoms with Gasteiger partial charge < -0.3 is 9.64 Å². The number of piperidine rings is 1. The fourth-order valence-corrected chi connectivity index (χ4v) is 6.35. The largest absolute Gasteiger partial charge is 0.377 e. The van der Waals surface area contributed by atoms with Gasteiger partial charge in [0.05, 0.1) is 28.8 Å². The first-order valence-corrected chi connectivity index (χ1v) is 13.1. The van der Waals surface area contributed by atoms with Crippen molar-refractivity contribution in [2.45, 2.75) is 57.3 Å². The molecule has 3 fully saturated rings. The zero-order valence-electron chi connectivity index (χ0n) is 17.9. The van der Waals surface area contributed by atoms with Crippen LogP contribution in [-0.4, -0.2) is 66.8 Å². The third kappa shape index (κ3) is 5.09. The Hall–Kier alpha value is -0.960. The number of sulfonamides is 1. The predicted octanol–water partition coefficient (Wildman–Crippen LogP) is 3.20. The number of anilines is 1. The molecule has 4 rings (SSSR count). The molecule has 0 aromatic carbocycles. The molecule has 1 aromatic heterocycles. The fourth-order valence-electron chi connectivity index (χ4n) is 4.93. The van der Waals surface area contributed by atoms with Crippen molar-refractivity contribution >= 4 is 27.6 Å². The van der Waals surface area contributed by atoms with Crippen LogP contribution in [0, 0.1) is 17.8 Å². The van der Waals surface area contributed by atoms with E-state index in [0.717, 1.165) is 56.2 Å². The van der Waals surface area contributed by atoms with Crippen LogP contribution in [0.2, 0.25) is 5.02 Å². The van der Waals surface area contributed by atoms with Gasteiger partial charge in [0.25, 0.3) is 0 Å². The van der Waals surface area contributed by atoms with Crippen molar-refractivity contribution in [2.75, 3.05) is 37.7 Å². The number of aromatic nitrogens is 2. The Bertz CT molecular complexity index is 812. The molecule has 30 heavy (non-hydrogen) atoms. The second kappa shape index (κ2) is 9.27. The first kappa shape index (κ1) is 22.2. The van der Waals surface area contributed by atoms with Crippen LogP contribution in [0.3, 0.4) is 0 Å². The third-order valence-corrected chi connectivity index (χ3v) is 9.36. The average Bonchev–Trinajstić information content (AvgIpc) is 3.34. The molecule has 1 saturated carbocycles. The minimum absolute atomic E-state index is 0.0540. The smallest absolute Gasteiger partial charge is 0.225 e. The number of nitrogens with zero attached hydrogens (tertiary/aromatic N) is 4. The Morgan fingerprint density at radius 3 is 2.53 bits per heavy atom. The lowest BCUT2D eigenvalue weighted by atomic mass is 9.90. The van der Waals surface area contributed by atoms with Gasteiger partial charge in [0.15, 0.2) is 0 Å². The summed E-state index contributed by atoms with van der Waals surface area (Å²) in [7, 11) is -3.15. The molecule has 1 aliphatic carbocycles. The van der Waals surface area contributed by atoms with Gasteiger partial charge in [-0.2, -0.15) is 4.31 Å². The highest BCUT2D eigenvalue weighted by Gasteiger charge is 2.43. The summed E-state index contributed by atoms with van der Waals surface area (Å²) < 4.78 is 32.2. The molecule has 2 aliphatic heterocycles. The standard InChI is InChI=1S/C21H33ClN4O3S/c1-15(2)30(27,28)26-9-5-19(14-26)29-10-6-17-11-20(17)16-3-7-25(8-4-16)21-23-12-18(22)13-24-21/h12-13,15-17,19-20H,3-11,14H2,1-2H3/t17-,19+,20-/m1/s1. The Kier molecular flexibility index (Phi) is 6.87. The van der Waals surface area contributed by atoms with E-state index >= 15 is 0 Å². The molecule has 0 radical (unpaired) electrons. The molecule has 1 aromatic rings. The summed E-state index contributed by atoms with van der Waals surface area (Å²) in [5.41, 5.74) is 0. The Morgan fingerprint density at radius 1 is 1.17 bits per heavy atom.